The summed E-state index contributed by atoms with van der Waals surface area (Å²) in [6.45, 7) is 3.79. The fourth-order valence-electron chi connectivity index (χ4n) is 3.94. The molecule has 2 aromatic carbocycles. The number of rotatable bonds is 3. The Morgan fingerprint density at radius 3 is 2.81 bits per heavy atom. The molecule has 0 amide bonds. The van der Waals surface area contributed by atoms with E-state index in [0.29, 0.717) is 23.6 Å². The number of benzene rings is 2. The Hall–Kier alpha value is -3.68. The summed E-state index contributed by atoms with van der Waals surface area (Å²) in [5.41, 5.74) is 0.525. The maximum absolute atomic E-state index is 14.2. The average Bonchev–Trinajstić information content (AvgIpc) is 2.73. The number of fused-ring (bicyclic) bond motifs is 2. The highest BCUT2D eigenvalue weighted by Crippen LogP contribution is 2.38. The molecule has 1 N–H and O–H groups in total. The molecule has 2 atom stereocenters. The molecule has 0 radical (unpaired) electrons. The van der Waals surface area contributed by atoms with E-state index < -0.39 is 28.9 Å². The monoisotopic (exact) mass is 438 g/mol. The maximum atomic E-state index is 14.2. The Bertz CT molecular complexity index is 1330. The number of hydrogen-bond donors (Lipinski definition) is 1. The van der Waals surface area contributed by atoms with Gasteiger partial charge in [0.05, 0.1) is 12.4 Å². The standard InChI is InChI=1S/C24H20F2N2O4/c1-24(2)21(8-14-7-13-3-6-23(29)30-19(13)11-20(14)32-24)31-22-10-18(27-12-28-22)16-5-4-15(25)9-17(16)26/h3-7,9-12,18,21H,8H2,1-2H3,(H,27,28)/t18?,21-/m0/s1. The molecule has 1 aromatic heterocycles. The number of ether oxygens (including phenoxy) is 2. The number of aliphatic imine (C=N–C) groups is 1. The van der Waals surface area contributed by atoms with Gasteiger partial charge in [0.1, 0.15) is 34.7 Å². The largest absolute Gasteiger partial charge is 0.484 e. The van der Waals surface area contributed by atoms with Crippen LogP contribution in [0, 0.1) is 11.6 Å². The lowest BCUT2D eigenvalue weighted by molar-refractivity contribution is -0.0589. The lowest BCUT2D eigenvalue weighted by Gasteiger charge is -2.40. The second-order valence-electron chi connectivity index (χ2n) is 8.34. The molecule has 2 aliphatic rings. The van der Waals surface area contributed by atoms with Gasteiger partial charge in [-0.05, 0) is 37.6 Å². The summed E-state index contributed by atoms with van der Waals surface area (Å²) in [7, 11) is 0. The molecule has 6 nitrogen and oxygen atoms in total. The van der Waals surface area contributed by atoms with Crippen molar-refractivity contribution in [2.45, 2.75) is 38.0 Å². The van der Waals surface area contributed by atoms with Crippen molar-refractivity contribution >= 4 is 17.3 Å². The summed E-state index contributed by atoms with van der Waals surface area (Å²) in [4.78, 5) is 15.8. The summed E-state index contributed by atoms with van der Waals surface area (Å²) in [5, 5.41) is 3.73. The van der Waals surface area contributed by atoms with Crippen LogP contribution in [0.2, 0.25) is 0 Å². The van der Waals surface area contributed by atoms with Crippen LogP contribution in [0.4, 0.5) is 8.78 Å². The number of hydrogen-bond acceptors (Lipinski definition) is 6. The van der Waals surface area contributed by atoms with E-state index in [1.54, 1.807) is 18.2 Å². The van der Waals surface area contributed by atoms with Gasteiger partial charge in [-0.15, -0.1) is 0 Å². The van der Waals surface area contributed by atoms with Crippen molar-refractivity contribution in [3.63, 3.8) is 0 Å². The highest BCUT2D eigenvalue weighted by molar-refractivity contribution is 5.79. The molecule has 32 heavy (non-hydrogen) atoms. The summed E-state index contributed by atoms with van der Waals surface area (Å²) in [5.74, 6) is -0.343. The van der Waals surface area contributed by atoms with E-state index in [2.05, 4.69) is 10.3 Å². The molecule has 5 rings (SSSR count). The molecule has 0 saturated carbocycles. The second kappa shape index (κ2) is 7.47. The molecule has 164 valence electrons. The van der Waals surface area contributed by atoms with E-state index in [-0.39, 0.29) is 11.7 Å². The normalized spacial score (nSPS) is 21.3. The van der Waals surface area contributed by atoms with E-state index in [0.717, 1.165) is 17.0 Å². The smallest absolute Gasteiger partial charge is 0.336 e. The van der Waals surface area contributed by atoms with Crippen molar-refractivity contribution in [3.05, 3.63) is 87.6 Å². The zero-order valence-corrected chi connectivity index (χ0v) is 17.4. The van der Waals surface area contributed by atoms with Crippen molar-refractivity contribution in [2.24, 2.45) is 4.99 Å². The molecule has 1 unspecified atom stereocenters. The average molecular weight is 438 g/mol. The van der Waals surface area contributed by atoms with Gasteiger partial charge in [-0.2, -0.15) is 0 Å². The minimum Gasteiger partial charge on any atom is -0.484 e. The predicted octanol–water partition coefficient (Wildman–Crippen LogP) is 4.38. The van der Waals surface area contributed by atoms with Crippen molar-refractivity contribution in [2.75, 3.05) is 0 Å². The third-order valence-corrected chi connectivity index (χ3v) is 5.67. The van der Waals surface area contributed by atoms with Crippen LogP contribution in [-0.4, -0.2) is 18.0 Å². The Kier molecular flexibility index (Phi) is 4.73. The van der Waals surface area contributed by atoms with Gasteiger partial charge in [0.2, 0.25) is 5.88 Å². The first-order valence-corrected chi connectivity index (χ1v) is 10.2. The first-order chi connectivity index (χ1) is 15.3. The molecule has 0 spiro atoms. The van der Waals surface area contributed by atoms with Crippen LogP contribution < -0.4 is 15.7 Å². The molecule has 8 heteroatoms. The van der Waals surface area contributed by atoms with Crippen molar-refractivity contribution in [1.29, 1.82) is 0 Å². The van der Waals surface area contributed by atoms with Crippen molar-refractivity contribution in [1.82, 2.24) is 5.32 Å². The maximum Gasteiger partial charge on any atom is 0.336 e. The number of halogens is 2. The van der Waals surface area contributed by atoms with Gasteiger partial charge in [-0.25, -0.2) is 18.6 Å². The van der Waals surface area contributed by atoms with Gasteiger partial charge in [-0.1, -0.05) is 6.07 Å². The minimum absolute atomic E-state index is 0.288. The van der Waals surface area contributed by atoms with Crippen LogP contribution in [-0.2, 0) is 11.2 Å². The third kappa shape index (κ3) is 3.72. The molecule has 3 aromatic rings. The third-order valence-electron chi connectivity index (χ3n) is 5.67. The highest BCUT2D eigenvalue weighted by atomic mass is 19.1. The fourth-order valence-corrected chi connectivity index (χ4v) is 3.94. The van der Waals surface area contributed by atoms with Crippen LogP contribution in [0.25, 0.3) is 11.0 Å². The molecule has 0 fully saturated rings. The first kappa shape index (κ1) is 20.2. The van der Waals surface area contributed by atoms with Gasteiger partial charge >= 0.3 is 5.63 Å². The van der Waals surface area contributed by atoms with Gasteiger partial charge in [-0.3, -0.25) is 0 Å². The molecule has 3 heterocycles. The van der Waals surface area contributed by atoms with Gasteiger partial charge in [0.25, 0.3) is 0 Å². The SMILES string of the molecule is CC1(C)Oc2cc3oc(=O)ccc3cc2C[C@@H]1OC1=CC(c2ccc(F)cc2F)NC=N1. The lowest BCUT2D eigenvalue weighted by Crippen LogP contribution is -2.48. The zero-order valence-electron chi connectivity index (χ0n) is 17.4. The second-order valence-corrected chi connectivity index (χ2v) is 8.34. The molecular weight excluding hydrogens is 418 g/mol. The van der Waals surface area contributed by atoms with Crippen molar-refractivity contribution < 1.29 is 22.7 Å². The van der Waals surface area contributed by atoms with Crippen LogP contribution in [0.15, 0.2) is 68.6 Å². The number of nitrogens with one attached hydrogen (secondary N) is 1. The van der Waals surface area contributed by atoms with E-state index in [9.17, 15) is 13.6 Å². The Morgan fingerprint density at radius 2 is 2.00 bits per heavy atom. The van der Waals surface area contributed by atoms with Crippen LogP contribution in [0.3, 0.4) is 0 Å². The molecule has 2 aliphatic heterocycles. The quantitative estimate of drug-likeness (QED) is 0.615. The van der Waals surface area contributed by atoms with Crippen molar-refractivity contribution in [3.8, 4) is 5.75 Å². The zero-order chi connectivity index (χ0) is 22.5. The Labute approximate surface area is 182 Å². The minimum atomic E-state index is -0.715. The van der Waals surface area contributed by atoms with E-state index in [4.69, 9.17) is 13.9 Å². The number of nitrogens with zero attached hydrogens (tertiary/aromatic N) is 1. The highest BCUT2D eigenvalue weighted by Gasteiger charge is 2.39. The van der Waals surface area contributed by atoms with Gasteiger partial charge in [0, 0.05) is 41.6 Å². The molecular formula is C24H20F2N2O4. The van der Waals surface area contributed by atoms with Crippen LogP contribution >= 0.6 is 0 Å². The van der Waals surface area contributed by atoms with Crippen LogP contribution in [0.1, 0.15) is 31.0 Å². The van der Waals surface area contributed by atoms with E-state index in [1.807, 2.05) is 19.9 Å². The molecule has 0 saturated heterocycles. The van der Waals surface area contributed by atoms with Gasteiger partial charge in [0.15, 0.2) is 0 Å². The Balaban J connectivity index is 1.42. The van der Waals surface area contributed by atoms with E-state index >= 15 is 0 Å². The van der Waals surface area contributed by atoms with Crippen LogP contribution in [0.5, 0.6) is 5.75 Å². The summed E-state index contributed by atoms with van der Waals surface area (Å²) < 4.78 is 45.1. The molecule has 0 aliphatic carbocycles. The lowest BCUT2D eigenvalue weighted by atomic mass is 9.90. The Morgan fingerprint density at radius 1 is 1.16 bits per heavy atom. The first-order valence-electron chi connectivity index (χ1n) is 10.2. The van der Waals surface area contributed by atoms with Gasteiger partial charge < -0.3 is 19.2 Å². The predicted molar refractivity (Wildman–Crippen MR) is 115 cm³/mol. The molecule has 0 bridgehead atoms. The fraction of sp³-hybridized carbons (Fsp3) is 0.250. The topological polar surface area (TPSA) is 73.1 Å². The van der Waals surface area contributed by atoms with E-state index in [1.165, 1.54) is 24.5 Å². The summed E-state index contributed by atoms with van der Waals surface area (Å²) in [6.07, 6.45) is 3.23. The summed E-state index contributed by atoms with van der Waals surface area (Å²) >= 11 is 0. The summed E-state index contributed by atoms with van der Waals surface area (Å²) in [6, 6.07) is 9.62.